The maximum atomic E-state index is 10.7. The van der Waals surface area contributed by atoms with Crippen LogP contribution in [0.1, 0.15) is 0 Å². The Bertz CT molecular complexity index is 103. The molecule has 51 valence electrons. The molecule has 0 amide bonds. The minimum Gasteiger partial charge on any atom is -0.313 e. The van der Waals surface area contributed by atoms with Crippen LogP contribution < -0.4 is 0 Å². The summed E-state index contributed by atoms with van der Waals surface area (Å²) in [4.78, 5) is 0. The van der Waals surface area contributed by atoms with E-state index >= 15 is 0 Å². The average molecular weight is 391 g/mol. The molecule has 1 rings (SSSR count). The molecule has 0 aromatic carbocycles. The van der Waals surface area contributed by atoms with Gasteiger partial charge in [-0.05, 0) is 7.05 Å². The number of rotatable bonds is 0. The van der Waals surface area contributed by atoms with E-state index in [2.05, 4.69) is 6.42 Å². The Morgan fingerprint density at radius 2 is 2.22 bits per heavy atom. The minimum atomic E-state index is -1.31. The van der Waals surface area contributed by atoms with Gasteiger partial charge in [-0.25, -0.2) is 0 Å². The Hall–Kier alpha value is 1.98. The zero-order chi connectivity index (χ0) is 5.28. The monoisotopic (exact) mass is 391 g/mol. The molecule has 1 radical (unpaired) electrons. The molecule has 1 fully saturated rings. The van der Waals surface area contributed by atoms with E-state index in [1.807, 2.05) is 11.7 Å². The maximum absolute atomic E-state index is 10.7. The topological polar surface area (TPSA) is 20.3 Å². The molecule has 5 heteroatoms. The van der Waals surface area contributed by atoms with Gasteiger partial charge >= 0.3 is 0 Å². The van der Waals surface area contributed by atoms with Crippen molar-refractivity contribution in [2.24, 2.45) is 0 Å². The van der Waals surface area contributed by atoms with Crippen molar-refractivity contribution in [1.82, 2.24) is 4.67 Å². The Morgan fingerprint density at radius 1 is 1.67 bits per heavy atom. The number of hydrogen-bond donors (Lipinski definition) is 0. The predicted octanol–water partition coefficient (Wildman–Crippen LogP) is 0.606. The first-order valence-electron chi connectivity index (χ1n) is 2.36. The van der Waals surface area contributed by atoms with Crippen LogP contribution in [0.15, 0.2) is 0 Å². The third-order valence-electron chi connectivity index (χ3n) is 1.15. The largest absolute Gasteiger partial charge is 0.313 e. The molecule has 0 N–H and O–H groups in total. The molecule has 1 unspecified atom stereocenters. The van der Waals surface area contributed by atoms with Gasteiger partial charge in [0.2, 0.25) is 0 Å². The first-order chi connectivity index (χ1) is 3.30. The van der Waals surface area contributed by atoms with Crippen molar-refractivity contribution in [3.63, 3.8) is 0 Å². The fourth-order valence-electron chi connectivity index (χ4n) is 0.639. The van der Waals surface area contributed by atoms with Gasteiger partial charge < -0.3 is 11.0 Å². The molecule has 0 saturated carbocycles. The summed E-state index contributed by atoms with van der Waals surface area (Å²) in [5.41, 5.74) is 0. The Balaban J connectivity index is 0. The molecule has 0 spiro atoms. The third-order valence-corrected chi connectivity index (χ3v) is 2.82. The third kappa shape index (κ3) is 4.43. The number of hydrogen-bond acceptors (Lipinski definition) is 1. The summed E-state index contributed by atoms with van der Waals surface area (Å²) in [6, 6.07) is 0. The molecular weight excluding hydrogens is 382 g/mol. The van der Waals surface area contributed by atoms with E-state index < -0.39 is 7.95 Å². The molecule has 0 aromatic rings. The molecule has 2 nitrogen and oxygen atoms in total. The van der Waals surface area contributed by atoms with Crippen molar-refractivity contribution >= 4 is 7.95 Å². The van der Waals surface area contributed by atoms with Crippen LogP contribution >= 0.6 is 7.95 Å². The Kier molecular flexibility index (Phi) is 10.1. The van der Waals surface area contributed by atoms with E-state index in [-0.39, 0.29) is 53.8 Å². The van der Waals surface area contributed by atoms with Crippen molar-refractivity contribution < 1.29 is 58.3 Å². The van der Waals surface area contributed by atoms with Crippen LogP contribution in [-0.4, -0.2) is 24.4 Å². The van der Waals surface area contributed by atoms with Crippen LogP contribution in [0.25, 0.3) is 0 Å². The van der Waals surface area contributed by atoms with E-state index in [0.717, 1.165) is 12.7 Å². The standard InChI is InChI=1S/C4H9NOP.W.Y/c1-5-3-2-4-7(5)6;;/h2,7H,3-4H2,1H3;;/q-1;;. The van der Waals surface area contributed by atoms with E-state index in [0.29, 0.717) is 0 Å². The zero-order valence-electron chi connectivity index (χ0n) is 5.33. The summed E-state index contributed by atoms with van der Waals surface area (Å²) in [6.45, 7) is 0.914. The van der Waals surface area contributed by atoms with Crippen LogP contribution in [0.4, 0.5) is 0 Å². The summed E-state index contributed by atoms with van der Waals surface area (Å²) < 4.78 is 12.5. The van der Waals surface area contributed by atoms with Crippen molar-refractivity contribution in [1.29, 1.82) is 0 Å². The van der Waals surface area contributed by atoms with Gasteiger partial charge in [-0.3, -0.25) is 4.67 Å². The van der Waals surface area contributed by atoms with Gasteiger partial charge in [-0.15, -0.1) is 12.7 Å². The van der Waals surface area contributed by atoms with Gasteiger partial charge in [-0.2, -0.15) is 0 Å². The van der Waals surface area contributed by atoms with Gasteiger partial charge in [-0.1, -0.05) is 0 Å². The van der Waals surface area contributed by atoms with E-state index in [4.69, 9.17) is 0 Å². The molecule has 0 bridgehead atoms. The SMILES string of the molecule is CN1C[CH-]C[PH]1=O.[W].[Y]. The van der Waals surface area contributed by atoms with Gasteiger partial charge in [0.05, 0.1) is 0 Å². The second-order valence-corrected chi connectivity index (χ2v) is 3.73. The molecule has 0 aliphatic carbocycles. The summed E-state index contributed by atoms with van der Waals surface area (Å²) in [5, 5.41) is 0. The first-order valence-corrected chi connectivity index (χ1v) is 3.92. The molecule has 1 atom stereocenters. The average Bonchev–Trinajstić information content (AvgIpc) is 1.91. The van der Waals surface area contributed by atoms with E-state index in [9.17, 15) is 4.57 Å². The van der Waals surface area contributed by atoms with Crippen LogP contribution in [0, 0.1) is 6.42 Å². The van der Waals surface area contributed by atoms with Gasteiger partial charge in [0.25, 0.3) is 0 Å². The summed E-state index contributed by atoms with van der Waals surface area (Å²) in [6.07, 6.45) is 2.88. The van der Waals surface area contributed by atoms with Crippen LogP contribution in [0.2, 0.25) is 0 Å². The smallest absolute Gasteiger partial charge is 0.107 e. The molecule has 1 aliphatic heterocycles. The van der Waals surface area contributed by atoms with Crippen molar-refractivity contribution in [2.45, 2.75) is 0 Å². The molecular formula is C4H9NOPWY-. The molecule has 1 aliphatic rings. The van der Waals surface area contributed by atoms with Crippen LogP contribution in [-0.2, 0) is 58.3 Å². The van der Waals surface area contributed by atoms with Gasteiger partial charge in [0, 0.05) is 53.8 Å². The van der Waals surface area contributed by atoms with E-state index in [1.54, 1.807) is 0 Å². The van der Waals surface area contributed by atoms with E-state index in [1.165, 1.54) is 0 Å². The molecule has 1 heterocycles. The summed E-state index contributed by atoms with van der Waals surface area (Å²) in [5.74, 6) is 0. The normalized spacial score (nSPS) is 26.6. The van der Waals surface area contributed by atoms with Crippen molar-refractivity contribution in [3.05, 3.63) is 6.42 Å². The predicted molar refractivity (Wildman–Crippen MR) is 30.8 cm³/mol. The Morgan fingerprint density at radius 3 is 2.33 bits per heavy atom. The summed E-state index contributed by atoms with van der Waals surface area (Å²) >= 11 is 0. The quantitative estimate of drug-likeness (QED) is 0.446. The second-order valence-electron chi connectivity index (χ2n) is 1.77. The Labute approximate surface area is 96.1 Å². The van der Waals surface area contributed by atoms with Gasteiger partial charge in [0.1, 0.15) is 7.95 Å². The molecule has 0 aromatic heterocycles. The first kappa shape index (κ1) is 13.6. The molecule has 1 saturated heterocycles. The summed E-state index contributed by atoms with van der Waals surface area (Å²) in [7, 11) is 0.587. The fourth-order valence-corrected chi connectivity index (χ4v) is 1.66. The van der Waals surface area contributed by atoms with Gasteiger partial charge in [0.15, 0.2) is 0 Å². The fraction of sp³-hybridized carbons (Fsp3) is 0.750. The molecule has 9 heavy (non-hydrogen) atoms. The van der Waals surface area contributed by atoms with Crippen molar-refractivity contribution in [2.75, 3.05) is 19.8 Å². The maximum Gasteiger partial charge on any atom is 0.107 e. The van der Waals surface area contributed by atoms with Crippen LogP contribution in [0.5, 0.6) is 0 Å². The number of nitrogens with zero attached hydrogens (tertiary/aromatic N) is 1. The second kappa shape index (κ2) is 6.68. The zero-order valence-corrected chi connectivity index (χ0v) is 12.1. The van der Waals surface area contributed by atoms with Crippen molar-refractivity contribution in [3.8, 4) is 0 Å². The van der Waals surface area contributed by atoms with Crippen LogP contribution in [0.3, 0.4) is 0 Å². The minimum absolute atomic E-state index is 0.